The molecule has 3 heteroatoms. The van der Waals surface area contributed by atoms with Crippen LogP contribution in [0.1, 0.15) is 11.1 Å². The van der Waals surface area contributed by atoms with Crippen LogP contribution in [0.25, 0.3) is 0 Å². The van der Waals surface area contributed by atoms with E-state index in [4.69, 9.17) is 5.21 Å². The number of rotatable bonds is 2. The monoisotopic (exact) mass is 275 g/mol. The van der Waals surface area contributed by atoms with Gasteiger partial charge in [0.25, 0.3) is 0 Å². The molecule has 1 N–H and O–H groups in total. The summed E-state index contributed by atoms with van der Waals surface area (Å²) in [5, 5.41) is 12.5. The first-order valence-corrected chi connectivity index (χ1v) is 5.64. The van der Waals surface area contributed by atoms with Crippen LogP contribution in [0.15, 0.2) is 64.2 Å². The van der Waals surface area contributed by atoms with Crippen LogP contribution in [-0.4, -0.2) is 10.9 Å². The van der Waals surface area contributed by atoms with Crippen molar-refractivity contribution < 1.29 is 5.21 Å². The van der Waals surface area contributed by atoms with Crippen LogP contribution in [-0.2, 0) is 0 Å². The number of hydrogen-bond acceptors (Lipinski definition) is 2. The van der Waals surface area contributed by atoms with Crippen LogP contribution >= 0.6 is 15.9 Å². The predicted octanol–water partition coefficient (Wildman–Crippen LogP) is 3.68. The van der Waals surface area contributed by atoms with Gasteiger partial charge in [-0.05, 0) is 6.07 Å². The molecule has 2 rings (SSSR count). The summed E-state index contributed by atoms with van der Waals surface area (Å²) in [6.45, 7) is 0. The molecule has 0 spiro atoms. The zero-order valence-electron chi connectivity index (χ0n) is 8.47. The van der Waals surface area contributed by atoms with Crippen LogP contribution in [0.3, 0.4) is 0 Å². The molecule has 0 unspecified atom stereocenters. The van der Waals surface area contributed by atoms with E-state index in [0.717, 1.165) is 15.6 Å². The van der Waals surface area contributed by atoms with Crippen molar-refractivity contribution in [3.63, 3.8) is 0 Å². The Labute approximate surface area is 102 Å². The fourth-order valence-electron chi connectivity index (χ4n) is 1.52. The van der Waals surface area contributed by atoms with Crippen molar-refractivity contribution >= 4 is 21.6 Å². The Hall–Kier alpha value is -1.61. The maximum Gasteiger partial charge on any atom is 0.118 e. The summed E-state index contributed by atoms with van der Waals surface area (Å²) < 4.78 is 0.909. The van der Waals surface area contributed by atoms with Crippen molar-refractivity contribution in [2.45, 2.75) is 0 Å². The zero-order chi connectivity index (χ0) is 11.4. The summed E-state index contributed by atoms with van der Waals surface area (Å²) in [4.78, 5) is 0. The minimum atomic E-state index is 0.563. The second-order valence-corrected chi connectivity index (χ2v) is 4.15. The molecule has 0 amide bonds. The lowest BCUT2D eigenvalue weighted by atomic mass is 10.0. The SMILES string of the molecule is O/N=C(\c1ccccc1)c1ccccc1Br. The molecule has 0 aliphatic carbocycles. The summed E-state index contributed by atoms with van der Waals surface area (Å²) in [6.07, 6.45) is 0. The molecule has 2 aromatic carbocycles. The van der Waals surface area contributed by atoms with Crippen molar-refractivity contribution in [3.05, 3.63) is 70.2 Å². The standard InChI is InChI=1S/C13H10BrNO/c14-12-9-5-4-8-11(12)13(15-16)10-6-2-1-3-7-10/h1-9,16H/b15-13+. The minimum Gasteiger partial charge on any atom is -0.410 e. The van der Waals surface area contributed by atoms with Gasteiger partial charge in [0, 0.05) is 15.6 Å². The molecule has 2 nitrogen and oxygen atoms in total. The van der Waals surface area contributed by atoms with Crippen LogP contribution in [0.2, 0.25) is 0 Å². The van der Waals surface area contributed by atoms with Gasteiger partial charge < -0.3 is 5.21 Å². The highest BCUT2D eigenvalue weighted by Crippen LogP contribution is 2.20. The molecule has 0 aliphatic rings. The van der Waals surface area contributed by atoms with Crippen molar-refractivity contribution in [2.24, 2.45) is 5.16 Å². The van der Waals surface area contributed by atoms with Crippen LogP contribution in [0.4, 0.5) is 0 Å². The average Bonchev–Trinajstić information content (AvgIpc) is 2.34. The van der Waals surface area contributed by atoms with E-state index in [1.807, 2.05) is 54.6 Å². The molecule has 0 aromatic heterocycles. The fraction of sp³-hybridized carbons (Fsp3) is 0. The molecule has 0 bridgehead atoms. The second-order valence-electron chi connectivity index (χ2n) is 3.29. The van der Waals surface area contributed by atoms with E-state index in [2.05, 4.69) is 21.1 Å². The van der Waals surface area contributed by atoms with Crippen LogP contribution in [0, 0.1) is 0 Å². The van der Waals surface area contributed by atoms with Gasteiger partial charge in [0.1, 0.15) is 5.71 Å². The third-order valence-electron chi connectivity index (χ3n) is 2.28. The van der Waals surface area contributed by atoms with Crippen molar-refractivity contribution in [2.75, 3.05) is 0 Å². The molecule has 0 fully saturated rings. The first-order chi connectivity index (χ1) is 7.83. The predicted molar refractivity (Wildman–Crippen MR) is 68.0 cm³/mol. The highest BCUT2D eigenvalue weighted by Gasteiger charge is 2.09. The van der Waals surface area contributed by atoms with E-state index in [0.29, 0.717) is 5.71 Å². The molecule has 0 heterocycles. The van der Waals surface area contributed by atoms with E-state index in [9.17, 15) is 0 Å². The van der Waals surface area contributed by atoms with Gasteiger partial charge in [0.15, 0.2) is 0 Å². The van der Waals surface area contributed by atoms with E-state index < -0.39 is 0 Å². The molecule has 0 aliphatic heterocycles. The number of benzene rings is 2. The molecule has 2 aromatic rings. The Morgan fingerprint density at radius 1 is 0.938 bits per heavy atom. The van der Waals surface area contributed by atoms with E-state index in [1.165, 1.54) is 0 Å². The number of halogens is 1. The van der Waals surface area contributed by atoms with Gasteiger partial charge in [-0.3, -0.25) is 0 Å². The minimum absolute atomic E-state index is 0.563. The summed E-state index contributed by atoms with van der Waals surface area (Å²) in [5.41, 5.74) is 2.32. The molecule has 80 valence electrons. The fourth-order valence-corrected chi connectivity index (χ4v) is 1.99. The molecule has 16 heavy (non-hydrogen) atoms. The number of hydrogen-bond donors (Lipinski definition) is 1. The summed E-state index contributed by atoms with van der Waals surface area (Å²) >= 11 is 3.44. The van der Waals surface area contributed by atoms with Gasteiger partial charge >= 0.3 is 0 Å². The maximum atomic E-state index is 9.12. The number of nitrogens with zero attached hydrogens (tertiary/aromatic N) is 1. The lowest BCUT2D eigenvalue weighted by molar-refractivity contribution is 0.319. The van der Waals surface area contributed by atoms with Crippen molar-refractivity contribution in [1.82, 2.24) is 0 Å². The smallest absolute Gasteiger partial charge is 0.118 e. The van der Waals surface area contributed by atoms with Gasteiger partial charge in [-0.15, -0.1) is 0 Å². The first-order valence-electron chi connectivity index (χ1n) is 4.85. The lowest BCUT2D eigenvalue weighted by Crippen LogP contribution is -2.03. The highest BCUT2D eigenvalue weighted by molar-refractivity contribution is 9.10. The lowest BCUT2D eigenvalue weighted by Gasteiger charge is -2.06. The molecule has 0 saturated heterocycles. The zero-order valence-corrected chi connectivity index (χ0v) is 10.1. The van der Waals surface area contributed by atoms with Crippen molar-refractivity contribution in [3.8, 4) is 0 Å². The Morgan fingerprint density at radius 3 is 2.19 bits per heavy atom. The average molecular weight is 276 g/mol. The van der Waals surface area contributed by atoms with Gasteiger partial charge in [-0.2, -0.15) is 0 Å². The molecule has 0 saturated carbocycles. The first kappa shape index (κ1) is 10.9. The topological polar surface area (TPSA) is 32.6 Å². The maximum absolute atomic E-state index is 9.12. The van der Waals surface area contributed by atoms with Gasteiger partial charge in [-0.1, -0.05) is 69.6 Å². The molecule has 0 radical (unpaired) electrons. The van der Waals surface area contributed by atoms with Gasteiger partial charge in [-0.25, -0.2) is 0 Å². The summed E-state index contributed by atoms with van der Waals surface area (Å²) in [6, 6.07) is 17.2. The van der Waals surface area contributed by atoms with Gasteiger partial charge in [0.2, 0.25) is 0 Å². The Bertz CT molecular complexity index is 508. The summed E-state index contributed by atoms with van der Waals surface area (Å²) in [5.74, 6) is 0. The normalized spacial score (nSPS) is 11.4. The van der Waals surface area contributed by atoms with E-state index in [1.54, 1.807) is 0 Å². The Kier molecular flexibility index (Phi) is 3.37. The third kappa shape index (κ3) is 2.14. The number of oxime groups is 1. The molecular weight excluding hydrogens is 266 g/mol. The third-order valence-corrected chi connectivity index (χ3v) is 2.97. The van der Waals surface area contributed by atoms with E-state index in [-0.39, 0.29) is 0 Å². The quantitative estimate of drug-likeness (QED) is 0.506. The van der Waals surface area contributed by atoms with Crippen molar-refractivity contribution in [1.29, 1.82) is 0 Å². The largest absolute Gasteiger partial charge is 0.410 e. The Morgan fingerprint density at radius 2 is 1.56 bits per heavy atom. The second kappa shape index (κ2) is 4.94. The molecular formula is C13H10BrNO. The molecule has 0 atom stereocenters. The van der Waals surface area contributed by atoms with E-state index >= 15 is 0 Å². The highest BCUT2D eigenvalue weighted by atomic mass is 79.9. The van der Waals surface area contributed by atoms with Crippen LogP contribution in [0.5, 0.6) is 0 Å². The van der Waals surface area contributed by atoms with Gasteiger partial charge in [0.05, 0.1) is 0 Å². The summed E-state index contributed by atoms with van der Waals surface area (Å²) in [7, 11) is 0. The van der Waals surface area contributed by atoms with Crippen LogP contribution < -0.4 is 0 Å². The Balaban J connectivity index is 2.51.